The van der Waals surface area contributed by atoms with Gasteiger partial charge >= 0.3 is 0 Å². The SMILES string of the molecule is CCOc1ccc(NC(=O)/C(C#N)=C\c2ccc(N3CCCCC3)o2)cc1. The number of benzene rings is 1. The van der Waals surface area contributed by atoms with Crippen LogP contribution in [0.3, 0.4) is 0 Å². The Kier molecular flexibility index (Phi) is 6.16. The number of nitriles is 1. The second-order valence-electron chi connectivity index (χ2n) is 6.31. The number of carbonyl (C=O) groups is 1. The number of hydrogen-bond donors (Lipinski definition) is 1. The van der Waals surface area contributed by atoms with Crippen molar-refractivity contribution in [3.05, 3.63) is 47.7 Å². The number of nitrogens with zero attached hydrogens (tertiary/aromatic N) is 2. The van der Waals surface area contributed by atoms with Crippen molar-refractivity contribution in [3.8, 4) is 11.8 Å². The van der Waals surface area contributed by atoms with E-state index in [0.717, 1.165) is 37.6 Å². The number of furan rings is 1. The maximum absolute atomic E-state index is 12.4. The summed E-state index contributed by atoms with van der Waals surface area (Å²) in [6.45, 7) is 4.43. The van der Waals surface area contributed by atoms with Crippen molar-refractivity contribution in [2.45, 2.75) is 26.2 Å². The summed E-state index contributed by atoms with van der Waals surface area (Å²) in [5.74, 6) is 1.53. The van der Waals surface area contributed by atoms with Gasteiger partial charge in [-0.05, 0) is 56.5 Å². The molecule has 0 bridgehead atoms. The summed E-state index contributed by atoms with van der Waals surface area (Å²) in [6, 6.07) is 12.6. The third-order valence-electron chi connectivity index (χ3n) is 4.36. The average molecular weight is 365 g/mol. The van der Waals surface area contributed by atoms with Crippen molar-refractivity contribution < 1.29 is 13.9 Å². The summed E-state index contributed by atoms with van der Waals surface area (Å²) in [6.07, 6.45) is 5.02. The van der Waals surface area contributed by atoms with E-state index in [2.05, 4.69) is 10.2 Å². The zero-order chi connectivity index (χ0) is 19.1. The number of amides is 1. The molecule has 1 aliphatic heterocycles. The van der Waals surface area contributed by atoms with Gasteiger partial charge in [0.1, 0.15) is 23.2 Å². The Bertz CT molecular complexity index is 840. The topological polar surface area (TPSA) is 78.5 Å². The van der Waals surface area contributed by atoms with Gasteiger partial charge in [-0.2, -0.15) is 5.26 Å². The first-order chi connectivity index (χ1) is 13.2. The number of nitrogens with one attached hydrogen (secondary N) is 1. The molecule has 140 valence electrons. The molecule has 2 aromatic rings. The molecule has 0 atom stereocenters. The van der Waals surface area contributed by atoms with Crippen LogP contribution in [0.5, 0.6) is 5.75 Å². The highest BCUT2D eigenvalue weighted by Gasteiger charge is 2.15. The van der Waals surface area contributed by atoms with Gasteiger partial charge in [0.2, 0.25) is 0 Å². The quantitative estimate of drug-likeness (QED) is 0.613. The molecule has 0 aliphatic carbocycles. The Morgan fingerprint density at radius 2 is 1.96 bits per heavy atom. The molecule has 3 rings (SSSR count). The van der Waals surface area contributed by atoms with Crippen LogP contribution >= 0.6 is 0 Å². The van der Waals surface area contributed by atoms with Crippen LogP contribution in [0.2, 0.25) is 0 Å². The van der Waals surface area contributed by atoms with Crippen molar-refractivity contribution in [1.82, 2.24) is 0 Å². The first-order valence-electron chi connectivity index (χ1n) is 9.20. The lowest BCUT2D eigenvalue weighted by Gasteiger charge is -2.25. The average Bonchev–Trinajstić information content (AvgIpc) is 3.17. The Hall–Kier alpha value is -3.20. The van der Waals surface area contributed by atoms with Crippen LogP contribution in [0.25, 0.3) is 6.08 Å². The molecular weight excluding hydrogens is 342 g/mol. The van der Waals surface area contributed by atoms with E-state index < -0.39 is 5.91 Å². The maximum Gasteiger partial charge on any atom is 0.266 e. The fourth-order valence-corrected chi connectivity index (χ4v) is 2.99. The minimum Gasteiger partial charge on any atom is -0.494 e. The van der Waals surface area contributed by atoms with Crippen LogP contribution in [0, 0.1) is 11.3 Å². The van der Waals surface area contributed by atoms with Crippen LogP contribution < -0.4 is 15.0 Å². The molecule has 27 heavy (non-hydrogen) atoms. The zero-order valence-electron chi connectivity index (χ0n) is 15.4. The van der Waals surface area contributed by atoms with E-state index in [-0.39, 0.29) is 5.57 Å². The standard InChI is InChI=1S/C21H23N3O3/c1-2-26-18-8-6-17(7-9-18)23-21(25)16(15-22)14-19-10-11-20(27-19)24-12-4-3-5-13-24/h6-11,14H,2-5,12-13H2,1H3,(H,23,25)/b16-14-. The molecule has 1 aromatic carbocycles. The summed E-state index contributed by atoms with van der Waals surface area (Å²) in [4.78, 5) is 14.6. The van der Waals surface area contributed by atoms with E-state index in [1.54, 1.807) is 30.3 Å². The van der Waals surface area contributed by atoms with Crippen LogP contribution in [-0.4, -0.2) is 25.6 Å². The smallest absolute Gasteiger partial charge is 0.266 e. The van der Waals surface area contributed by atoms with E-state index in [1.807, 2.05) is 19.1 Å². The highest BCUT2D eigenvalue weighted by atomic mass is 16.5. The second kappa shape index (κ2) is 8.95. The van der Waals surface area contributed by atoms with Gasteiger partial charge in [0.15, 0.2) is 5.88 Å². The molecule has 1 N–H and O–H groups in total. The molecule has 1 saturated heterocycles. The second-order valence-corrected chi connectivity index (χ2v) is 6.31. The fraction of sp³-hybridized carbons (Fsp3) is 0.333. The highest BCUT2D eigenvalue weighted by molar-refractivity contribution is 6.09. The molecule has 1 aliphatic rings. The predicted molar refractivity (Wildman–Crippen MR) is 105 cm³/mol. The molecule has 6 heteroatoms. The normalized spacial score (nSPS) is 14.5. The fourth-order valence-electron chi connectivity index (χ4n) is 2.99. The van der Waals surface area contributed by atoms with Crippen molar-refractivity contribution in [2.24, 2.45) is 0 Å². The van der Waals surface area contributed by atoms with Gasteiger partial charge in [-0.15, -0.1) is 0 Å². The van der Waals surface area contributed by atoms with Gasteiger partial charge in [-0.25, -0.2) is 0 Å². The molecule has 0 unspecified atom stereocenters. The summed E-state index contributed by atoms with van der Waals surface area (Å²) < 4.78 is 11.2. The largest absolute Gasteiger partial charge is 0.494 e. The number of piperidine rings is 1. The van der Waals surface area contributed by atoms with Crippen molar-refractivity contribution in [1.29, 1.82) is 5.26 Å². The lowest BCUT2D eigenvalue weighted by molar-refractivity contribution is -0.112. The summed E-state index contributed by atoms with van der Waals surface area (Å²) in [5.41, 5.74) is 0.585. The number of rotatable bonds is 6. The molecule has 2 heterocycles. The van der Waals surface area contributed by atoms with Gasteiger partial charge in [-0.3, -0.25) is 4.79 Å². The summed E-state index contributed by atoms with van der Waals surface area (Å²) in [7, 11) is 0. The van der Waals surface area contributed by atoms with E-state index in [4.69, 9.17) is 9.15 Å². The minimum absolute atomic E-state index is 0.0107. The van der Waals surface area contributed by atoms with E-state index in [0.29, 0.717) is 18.1 Å². The van der Waals surface area contributed by atoms with E-state index in [1.165, 1.54) is 12.5 Å². The highest BCUT2D eigenvalue weighted by Crippen LogP contribution is 2.24. The predicted octanol–water partition coefficient (Wildman–Crippen LogP) is 4.21. The van der Waals surface area contributed by atoms with Crippen LogP contribution in [0.1, 0.15) is 31.9 Å². The van der Waals surface area contributed by atoms with E-state index in [9.17, 15) is 10.1 Å². The number of carbonyl (C=O) groups excluding carboxylic acids is 1. The lowest BCUT2D eigenvalue weighted by Crippen LogP contribution is -2.28. The van der Waals surface area contributed by atoms with Gasteiger partial charge in [0.05, 0.1) is 6.61 Å². The molecule has 1 fully saturated rings. The monoisotopic (exact) mass is 365 g/mol. The van der Waals surface area contributed by atoms with Gasteiger partial charge in [-0.1, -0.05) is 0 Å². The van der Waals surface area contributed by atoms with Crippen molar-refractivity contribution >= 4 is 23.6 Å². The van der Waals surface area contributed by atoms with Crippen molar-refractivity contribution in [3.63, 3.8) is 0 Å². The van der Waals surface area contributed by atoms with Crippen LogP contribution in [0.4, 0.5) is 11.6 Å². The first-order valence-corrected chi connectivity index (χ1v) is 9.20. The lowest BCUT2D eigenvalue weighted by atomic mass is 10.1. The molecule has 1 amide bonds. The number of hydrogen-bond acceptors (Lipinski definition) is 5. The Morgan fingerprint density at radius 1 is 1.22 bits per heavy atom. The van der Waals surface area contributed by atoms with Crippen molar-refractivity contribution in [2.75, 3.05) is 29.9 Å². The minimum atomic E-state index is -0.474. The first kappa shape index (κ1) is 18.6. The summed E-state index contributed by atoms with van der Waals surface area (Å²) in [5, 5.41) is 12.1. The van der Waals surface area contributed by atoms with Gasteiger partial charge in [0.25, 0.3) is 5.91 Å². The zero-order valence-corrected chi connectivity index (χ0v) is 15.4. The van der Waals surface area contributed by atoms with Crippen LogP contribution in [0.15, 0.2) is 46.4 Å². The summed E-state index contributed by atoms with van der Waals surface area (Å²) >= 11 is 0. The number of anilines is 2. The van der Waals surface area contributed by atoms with Gasteiger partial charge in [0, 0.05) is 30.9 Å². The van der Waals surface area contributed by atoms with E-state index >= 15 is 0 Å². The Morgan fingerprint density at radius 3 is 2.63 bits per heavy atom. The van der Waals surface area contributed by atoms with Crippen LogP contribution in [-0.2, 0) is 4.79 Å². The molecule has 0 saturated carbocycles. The number of ether oxygens (including phenoxy) is 1. The third kappa shape index (κ3) is 4.91. The molecule has 0 radical (unpaired) electrons. The molecule has 0 spiro atoms. The molecule has 1 aromatic heterocycles. The Labute approximate surface area is 159 Å². The molecular formula is C21H23N3O3. The maximum atomic E-state index is 12.4. The third-order valence-corrected chi connectivity index (χ3v) is 4.36. The van der Waals surface area contributed by atoms with Gasteiger partial charge < -0.3 is 19.4 Å². The Balaban J connectivity index is 1.67. The molecule has 6 nitrogen and oxygen atoms in total.